The Morgan fingerprint density at radius 1 is 0.938 bits per heavy atom. The van der Waals surface area contributed by atoms with E-state index in [4.69, 9.17) is 0 Å². The van der Waals surface area contributed by atoms with Crippen molar-refractivity contribution in [3.05, 3.63) is 47.0 Å². The van der Waals surface area contributed by atoms with Crippen LogP contribution in [0.5, 0.6) is 0 Å². The summed E-state index contributed by atoms with van der Waals surface area (Å²) in [6, 6.07) is 11.2. The highest BCUT2D eigenvalue weighted by molar-refractivity contribution is 5.90. The molecule has 0 aliphatic rings. The molecule has 0 aliphatic heterocycles. The average molecular weight is 212 g/mol. The first-order valence-electron chi connectivity index (χ1n) is 5.90. The van der Waals surface area contributed by atoms with Crippen molar-refractivity contribution in [1.29, 1.82) is 0 Å². The monoisotopic (exact) mass is 212 g/mol. The van der Waals surface area contributed by atoms with Crippen molar-refractivity contribution in [3.8, 4) is 0 Å². The Morgan fingerprint density at radius 3 is 2.25 bits per heavy atom. The largest absolute Gasteiger partial charge is 0.0614 e. The Hall–Kier alpha value is -1.30. The van der Waals surface area contributed by atoms with Crippen LogP contribution in [0.2, 0.25) is 0 Å². The second-order valence-electron chi connectivity index (χ2n) is 5.74. The van der Waals surface area contributed by atoms with Gasteiger partial charge in [0, 0.05) is 0 Å². The van der Waals surface area contributed by atoms with Crippen molar-refractivity contribution in [2.45, 2.75) is 40.0 Å². The molecule has 0 aliphatic carbocycles. The van der Waals surface area contributed by atoms with Crippen molar-refractivity contribution < 1.29 is 0 Å². The fourth-order valence-electron chi connectivity index (χ4n) is 2.36. The molecule has 0 amide bonds. The van der Waals surface area contributed by atoms with Crippen LogP contribution in [0.4, 0.5) is 0 Å². The molecular formula is C16H20. The molecule has 0 bridgehead atoms. The van der Waals surface area contributed by atoms with E-state index in [1.165, 1.54) is 27.5 Å². The maximum atomic E-state index is 2.33. The van der Waals surface area contributed by atoms with Crippen molar-refractivity contribution in [2.24, 2.45) is 0 Å². The SMILES string of the molecule is Cc1cc(C(C)(C)C)c2c(C)cccc2c1. The summed E-state index contributed by atoms with van der Waals surface area (Å²) < 4.78 is 0. The van der Waals surface area contributed by atoms with Crippen LogP contribution in [0.3, 0.4) is 0 Å². The Morgan fingerprint density at radius 2 is 1.62 bits per heavy atom. The van der Waals surface area contributed by atoms with Gasteiger partial charge in [-0.25, -0.2) is 0 Å². The van der Waals surface area contributed by atoms with E-state index in [0.29, 0.717) is 0 Å². The number of hydrogen-bond donors (Lipinski definition) is 0. The molecule has 84 valence electrons. The van der Waals surface area contributed by atoms with E-state index in [1.807, 2.05) is 0 Å². The van der Waals surface area contributed by atoms with Crippen LogP contribution in [0.25, 0.3) is 10.8 Å². The van der Waals surface area contributed by atoms with E-state index >= 15 is 0 Å². The Bertz CT molecular complexity index is 527. The van der Waals surface area contributed by atoms with Crippen molar-refractivity contribution in [3.63, 3.8) is 0 Å². The summed E-state index contributed by atoms with van der Waals surface area (Å²) in [4.78, 5) is 0. The first-order valence-corrected chi connectivity index (χ1v) is 5.90. The predicted molar refractivity (Wildman–Crippen MR) is 72.1 cm³/mol. The summed E-state index contributed by atoms with van der Waals surface area (Å²) in [5.74, 6) is 0. The summed E-state index contributed by atoms with van der Waals surface area (Å²) >= 11 is 0. The van der Waals surface area contributed by atoms with Gasteiger partial charge < -0.3 is 0 Å². The number of aryl methyl sites for hydroxylation is 2. The van der Waals surface area contributed by atoms with E-state index in [-0.39, 0.29) is 5.41 Å². The maximum Gasteiger partial charge on any atom is -0.0117 e. The van der Waals surface area contributed by atoms with Crippen LogP contribution >= 0.6 is 0 Å². The molecule has 0 N–H and O–H groups in total. The zero-order chi connectivity index (χ0) is 11.9. The standard InChI is InChI=1S/C16H20/c1-11-9-13-8-6-7-12(2)15(13)14(10-11)16(3,4)5/h6-10H,1-5H3. The molecule has 0 saturated carbocycles. The third-order valence-corrected chi connectivity index (χ3v) is 3.14. The van der Waals surface area contributed by atoms with Gasteiger partial charge in [-0.05, 0) is 41.2 Å². The highest BCUT2D eigenvalue weighted by Gasteiger charge is 2.18. The highest BCUT2D eigenvalue weighted by Crippen LogP contribution is 2.33. The maximum absolute atomic E-state index is 2.33. The molecule has 0 radical (unpaired) electrons. The van der Waals surface area contributed by atoms with Gasteiger partial charge in [-0.2, -0.15) is 0 Å². The number of rotatable bonds is 0. The molecule has 2 rings (SSSR count). The first kappa shape index (κ1) is 11.2. The molecule has 0 fully saturated rings. The van der Waals surface area contributed by atoms with Gasteiger partial charge in [-0.3, -0.25) is 0 Å². The lowest BCUT2D eigenvalue weighted by molar-refractivity contribution is 0.595. The molecule has 0 heteroatoms. The minimum Gasteiger partial charge on any atom is -0.0614 e. The van der Waals surface area contributed by atoms with Gasteiger partial charge in [-0.1, -0.05) is 56.7 Å². The van der Waals surface area contributed by atoms with Gasteiger partial charge in [0.1, 0.15) is 0 Å². The van der Waals surface area contributed by atoms with Gasteiger partial charge in [0.15, 0.2) is 0 Å². The molecular weight excluding hydrogens is 192 g/mol. The lowest BCUT2D eigenvalue weighted by Gasteiger charge is -2.23. The predicted octanol–water partition coefficient (Wildman–Crippen LogP) is 4.75. The molecule has 2 aromatic rings. The average Bonchev–Trinajstić information content (AvgIpc) is 2.15. The minimum absolute atomic E-state index is 0.205. The third kappa shape index (κ3) is 1.84. The molecule has 0 aromatic heterocycles. The van der Waals surface area contributed by atoms with Gasteiger partial charge in [0.2, 0.25) is 0 Å². The van der Waals surface area contributed by atoms with E-state index in [2.05, 4.69) is 65.0 Å². The second kappa shape index (κ2) is 3.62. The Labute approximate surface area is 98.3 Å². The first-order chi connectivity index (χ1) is 7.39. The molecule has 2 aromatic carbocycles. The van der Waals surface area contributed by atoms with E-state index in [9.17, 15) is 0 Å². The van der Waals surface area contributed by atoms with Crippen molar-refractivity contribution in [1.82, 2.24) is 0 Å². The second-order valence-corrected chi connectivity index (χ2v) is 5.74. The molecule has 0 heterocycles. The van der Waals surface area contributed by atoms with Gasteiger partial charge in [0.25, 0.3) is 0 Å². The summed E-state index contributed by atoms with van der Waals surface area (Å²) in [5, 5.41) is 2.80. The van der Waals surface area contributed by atoms with Gasteiger partial charge >= 0.3 is 0 Å². The highest BCUT2D eigenvalue weighted by atomic mass is 14.2. The van der Waals surface area contributed by atoms with E-state index in [1.54, 1.807) is 0 Å². The smallest absolute Gasteiger partial charge is 0.0117 e. The molecule has 16 heavy (non-hydrogen) atoms. The van der Waals surface area contributed by atoms with Crippen LogP contribution in [0, 0.1) is 13.8 Å². The third-order valence-electron chi connectivity index (χ3n) is 3.14. The Kier molecular flexibility index (Phi) is 2.53. The van der Waals surface area contributed by atoms with Gasteiger partial charge in [0.05, 0.1) is 0 Å². The number of fused-ring (bicyclic) bond motifs is 1. The molecule has 0 spiro atoms. The van der Waals surface area contributed by atoms with Crippen LogP contribution in [-0.2, 0) is 5.41 Å². The number of hydrogen-bond acceptors (Lipinski definition) is 0. The van der Waals surface area contributed by atoms with Gasteiger partial charge in [-0.15, -0.1) is 0 Å². The fourth-order valence-corrected chi connectivity index (χ4v) is 2.36. The quantitative estimate of drug-likeness (QED) is 0.591. The lowest BCUT2D eigenvalue weighted by atomic mass is 9.81. The lowest BCUT2D eigenvalue weighted by Crippen LogP contribution is -2.12. The van der Waals surface area contributed by atoms with Crippen LogP contribution in [-0.4, -0.2) is 0 Å². The van der Waals surface area contributed by atoms with Crippen LogP contribution in [0.1, 0.15) is 37.5 Å². The topological polar surface area (TPSA) is 0 Å². The number of benzene rings is 2. The van der Waals surface area contributed by atoms with E-state index in [0.717, 1.165) is 0 Å². The normalized spacial score (nSPS) is 12.1. The molecule has 0 saturated heterocycles. The zero-order valence-corrected chi connectivity index (χ0v) is 10.9. The zero-order valence-electron chi connectivity index (χ0n) is 10.9. The fraction of sp³-hybridized carbons (Fsp3) is 0.375. The summed E-state index contributed by atoms with van der Waals surface area (Å²) in [5.41, 5.74) is 4.39. The molecule has 0 unspecified atom stereocenters. The van der Waals surface area contributed by atoms with Crippen molar-refractivity contribution in [2.75, 3.05) is 0 Å². The minimum atomic E-state index is 0.205. The summed E-state index contributed by atoms with van der Waals surface area (Å²) in [6.45, 7) is 11.2. The van der Waals surface area contributed by atoms with Crippen molar-refractivity contribution >= 4 is 10.8 Å². The summed E-state index contributed by atoms with van der Waals surface area (Å²) in [7, 11) is 0. The summed E-state index contributed by atoms with van der Waals surface area (Å²) in [6.07, 6.45) is 0. The Balaban J connectivity index is 2.91. The molecule has 0 atom stereocenters. The van der Waals surface area contributed by atoms with Crippen LogP contribution < -0.4 is 0 Å². The van der Waals surface area contributed by atoms with Crippen LogP contribution in [0.15, 0.2) is 30.3 Å². The van der Waals surface area contributed by atoms with E-state index < -0.39 is 0 Å². The molecule has 0 nitrogen and oxygen atoms in total.